The molecule has 0 saturated heterocycles. The summed E-state index contributed by atoms with van der Waals surface area (Å²) >= 11 is 0. The quantitative estimate of drug-likeness (QED) is 0.545. The van der Waals surface area contributed by atoms with Gasteiger partial charge in [-0.2, -0.15) is 0 Å². The first kappa shape index (κ1) is 12.9. The molecule has 0 aliphatic heterocycles. The van der Waals surface area contributed by atoms with Crippen LogP contribution in [0, 0.1) is 0 Å². The lowest BCUT2D eigenvalue weighted by molar-refractivity contribution is -0.0403. The van der Waals surface area contributed by atoms with Crippen molar-refractivity contribution >= 4 is 0 Å². The minimum Gasteiger partial charge on any atom is -0.381 e. The van der Waals surface area contributed by atoms with Crippen molar-refractivity contribution in [1.82, 2.24) is 0 Å². The molecule has 0 amide bonds. The lowest BCUT2D eigenvalue weighted by Gasteiger charge is -2.24. The van der Waals surface area contributed by atoms with Gasteiger partial charge >= 0.3 is 0 Å². The molecule has 0 radical (unpaired) electrons. The van der Waals surface area contributed by atoms with Crippen molar-refractivity contribution in [1.29, 1.82) is 0 Å². The van der Waals surface area contributed by atoms with E-state index in [1.807, 2.05) is 0 Å². The summed E-state index contributed by atoms with van der Waals surface area (Å²) in [7, 11) is 0. The SMILES string of the molecule is CCCOCCC(C)(C)OCCC. The van der Waals surface area contributed by atoms with Gasteiger partial charge in [-0.3, -0.25) is 0 Å². The van der Waals surface area contributed by atoms with E-state index in [0.717, 1.165) is 39.1 Å². The molecule has 0 unspecified atom stereocenters. The number of hydrogen-bond acceptors (Lipinski definition) is 2. The minimum atomic E-state index is -0.0241. The lowest BCUT2D eigenvalue weighted by Crippen LogP contribution is -2.26. The maximum atomic E-state index is 5.68. The van der Waals surface area contributed by atoms with Gasteiger partial charge in [0.05, 0.1) is 5.60 Å². The highest BCUT2D eigenvalue weighted by Crippen LogP contribution is 2.14. The Balaban J connectivity index is 3.39. The first-order valence-electron chi connectivity index (χ1n) is 5.34. The van der Waals surface area contributed by atoms with E-state index in [-0.39, 0.29) is 5.60 Å². The lowest BCUT2D eigenvalue weighted by atomic mass is 10.1. The molecule has 0 aromatic heterocycles. The molecule has 0 aliphatic carbocycles. The summed E-state index contributed by atoms with van der Waals surface area (Å²) < 4.78 is 11.1. The van der Waals surface area contributed by atoms with E-state index in [1.165, 1.54) is 0 Å². The normalized spacial score (nSPS) is 12.0. The van der Waals surface area contributed by atoms with E-state index in [2.05, 4.69) is 27.7 Å². The van der Waals surface area contributed by atoms with Gasteiger partial charge in [-0.25, -0.2) is 0 Å². The molecule has 0 rings (SSSR count). The molecular weight excluding hydrogens is 164 g/mol. The zero-order valence-electron chi connectivity index (χ0n) is 9.56. The second-order valence-electron chi connectivity index (χ2n) is 3.97. The monoisotopic (exact) mass is 188 g/mol. The smallest absolute Gasteiger partial charge is 0.0648 e. The average molecular weight is 188 g/mol. The summed E-state index contributed by atoms with van der Waals surface area (Å²) in [5.41, 5.74) is -0.0241. The van der Waals surface area contributed by atoms with Gasteiger partial charge in [0.15, 0.2) is 0 Å². The Kier molecular flexibility index (Phi) is 7.29. The third-order valence-electron chi connectivity index (χ3n) is 1.89. The van der Waals surface area contributed by atoms with Crippen LogP contribution < -0.4 is 0 Å². The fourth-order valence-corrected chi connectivity index (χ4v) is 1.01. The van der Waals surface area contributed by atoms with Gasteiger partial charge in [0.2, 0.25) is 0 Å². The molecule has 0 aromatic carbocycles. The predicted molar refractivity (Wildman–Crippen MR) is 56.0 cm³/mol. The van der Waals surface area contributed by atoms with Crippen LogP contribution in [-0.4, -0.2) is 25.4 Å². The summed E-state index contributed by atoms with van der Waals surface area (Å²) in [6.45, 7) is 11.0. The van der Waals surface area contributed by atoms with Crippen LogP contribution in [-0.2, 0) is 9.47 Å². The zero-order valence-corrected chi connectivity index (χ0v) is 9.56. The molecule has 0 saturated carbocycles. The Morgan fingerprint density at radius 1 is 0.923 bits per heavy atom. The second kappa shape index (κ2) is 7.34. The van der Waals surface area contributed by atoms with Gasteiger partial charge < -0.3 is 9.47 Å². The van der Waals surface area contributed by atoms with Crippen molar-refractivity contribution in [3.63, 3.8) is 0 Å². The molecule has 0 heterocycles. The minimum absolute atomic E-state index is 0.0241. The zero-order chi connectivity index (χ0) is 10.2. The number of ether oxygens (including phenoxy) is 2. The fourth-order valence-electron chi connectivity index (χ4n) is 1.01. The van der Waals surface area contributed by atoms with Crippen molar-refractivity contribution in [2.45, 2.75) is 52.6 Å². The van der Waals surface area contributed by atoms with E-state index in [9.17, 15) is 0 Å². The van der Waals surface area contributed by atoms with E-state index >= 15 is 0 Å². The Hall–Kier alpha value is -0.0800. The summed E-state index contributed by atoms with van der Waals surface area (Å²) in [6, 6.07) is 0. The first-order valence-corrected chi connectivity index (χ1v) is 5.34. The molecule has 2 nitrogen and oxygen atoms in total. The topological polar surface area (TPSA) is 18.5 Å². The van der Waals surface area contributed by atoms with Crippen LogP contribution in [0.3, 0.4) is 0 Å². The van der Waals surface area contributed by atoms with Crippen LogP contribution >= 0.6 is 0 Å². The third-order valence-corrected chi connectivity index (χ3v) is 1.89. The average Bonchev–Trinajstić information content (AvgIpc) is 2.09. The van der Waals surface area contributed by atoms with E-state index in [1.54, 1.807) is 0 Å². The van der Waals surface area contributed by atoms with Gasteiger partial charge in [-0.15, -0.1) is 0 Å². The molecule has 0 N–H and O–H groups in total. The van der Waals surface area contributed by atoms with Crippen LogP contribution in [0.25, 0.3) is 0 Å². The summed E-state index contributed by atoms with van der Waals surface area (Å²) in [5, 5.41) is 0. The van der Waals surface area contributed by atoms with Crippen LogP contribution in [0.4, 0.5) is 0 Å². The molecule has 0 spiro atoms. The fraction of sp³-hybridized carbons (Fsp3) is 1.00. The predicted octanol–water partition coefficient (Wildman–Crippen LogP) is 3.01. The molecule has 0 bridgehead atoms. The van der Waals surface area contributed by atoms with E-state index < -0.39 is 0 Å². The van der Waals surface area contributed by atoms with Gasteiger partial charge in [-0.1, -0.05) is 13.8 Å². The van der Waals surface area contributed by atoms with Crippen LogP contribution in [0.5, 0.6) is 0 Å². The van der Waals surface area contributed by atoms with Gasteiger partial charge in [0.25, 0.3) is 0 Å². The van der Waals surface area contributed by atoms with Gasteiger partial charge in [0.1, 0.15) is 0 Å². The van der Waals surface area contributed by atoms with Crippen molar-refractivity contribution < 1.29 is 9.47 Å². The first-order chi connectivity index (χ1) is 6.12. The molecule has 13 heavy (non-hydrogen) atoms. The van der Waals surface area contributed by atoms with Gasteiger partial charge in [0, 0.05) is 19.8 Å². The molecule has 2 heteroatoms. The molecule has 0 atom stereocenters. The highest BCUT2D eigenvalue weighted by Gasteiger charge is 2.17. The summed E-state index contributed by atoms with van der Waals surface area (Å²) in [5.74, 6) is 0. The molecule has 0 fully saturated rings. The molecule has 80 valence electrons. The van der Waals surface area contributed by atoms with E-state index in [4.69, 9.17) is 9.47 Å². The highest BCUT2D eigenvalue weighted by molar-refractivity contribution is 4.67. The Morgan fingerprint density at radius 2 is 1.54 bits per heavy atom. The Bertz CT molecular complexity index is 111. The summed E-state index contributed by atoms with van der Waals surface area (Å²) in [4.78, 5) is 0. The maximum absolute atomic E-state index is 5.68. The number of rotatable bonds is 8. The van der Waals surface area contributed by atoms with Crippen molar-refractivity contribution in [2.75, 3.05) is 19.8 Å². The Labute approximate surface area is 82.6 Å². The Morgan fingerprint density at radius 3 is 2.08 bits per heavy atom. The molecular formula is C11H24O2. The summed E-state index contributed by atoms with van der Waals surface area (Å²) in [6.07, 6.45) is 3.16. The van der Waals surface area contributed by atoms with Crippen molar-refractivity contribution in [3.8, 4) is 0 Å². The second-order valence-corrected chi connectivity index (χ2v) is 3.97. The molecule has 0 aromatic rings. The van der Waals surface area contributed by atoms with Crippen LogP contribution in [0.1, 0.15) is 47.0 Å². The van der Waals surface area contributed by atoms with Crippen LogP contribution in [0.15, 0.2) is 0 Å². The molecule has 0 aliphatic rings. The third kappa shape index (κ3) is 8.26. The van der Waals surface area contributed by atoms with Crippen LogP contribution in [0.2, 0.25) is 0 Å². The largest absolute Gasteiger partial charge is 0.381 e. The van der Waals surface area contributed by atoms with Gasteiger partial charge in [-0.05, 0) is 33.1 Å². The maximum Gasteiger partial charge on any atom is 0.0648 e. The van der Waals surface area contributed by atoms with Crippen molar-refractivity contribution in [2.24, 2.45) is 0 Å². The number of hydrogen-bond donors (Lipinski definition) is 0. The highest BCUT2D eigenvalue weighted by atomic mass is 16.5. The standard InChI is InChI=1S/C11H24O2/c1-5-8-12-10-7-11(3,4)13-9-6-2/h5-10H2,1-4H3. The van der Waals surface area contributed by atoms with Crippen molar-refractivity contribution in [3.05, 3.63) is 0 Å². The van der Waals surface area contributed by atoms with E-state index in [0.29, 0.717) is 0 Å².